The molecule has 0 spiro atoms. The fraction of sp³-hybridized carbons (Fsp3) is 0.0303. The molecule has 3 heterocycles. The van der Waals surface area contributed by atoms with Crippen molar-refractivity contribution < 1.29 is 4.39 Å². The van der Waals surface area contributed by atoms with Gasteiger partial charge in [-0.1, -0.05) is 103 Å². The molecule has 0 saturated heterocycles. The molecule has 7 rings (SSSR count). The molecule has 7 heteroatoms. The van der Waals surface area contributed by atoms with Gasteiger partial charge in [0.15, 0.2) is 5.82 Å². The van der Waals surface area contributed by atoms with E-state index >= 15 is 0 Å². The van der Waals surface area contributed by atoms with Gasteiger partial charge in [-0.05, 0) is 41.0 Å². The minimum Gasteiger partial charge on any atom is -0.258 e. The van der Waals surface area contributed by atoms with Crippen LogP contribution in [0.15, 0.2) is 134 Å². The highest BCUT2D eigenvalue weighted by molar-refractivity contribution is 5.92. The van der Waals surface area contributed by atoms with Crippen molar-refractivity contribution in [1.82, 2.24) is 29.9 Å². The molecular weight excluding hydrogens is 499 g/mol. The van der Waals surface area contributed by atoms with Crippen molar-refractivity contribution >= 4 is 11.0 Å². The Morgan fingerprint density at radius 1 is 0.675 bits per heavy atom. The Bertz CT molecular complexity index is 1800. The Morgan fingerprint density at radius 2 is 1.30 bits per heavy atom. The number of halogens is 1. The van der Waals surface area contributed by atoms with Gasteiger partial charge in [0, 0.05) is 5.56 Å². The fourth-order valence-electron chi connectivity index (χ4n) is 5.45. The van der Waals surface area contributed by atoms with Crippen molar-refractivity contribution in [2.75, 3.05) is 0 Å². The van der Waals surface area contributed by atoms with Gasteiger partial charge in [0.2, 0.25) is 0 Å². The van der Waals surface area contributed by atoms with Gasteiger partial charge in [-0.3, -0.25) is 5.10 Å². The number of aromatic amines is 1. The maximum absolute atomic E-state index is 14.5. The van der Waals surface area contributed by atoms with Gasteiger partial charge in [-0.25, -0.2) is 19.0 Å². The second-order valence-electron chi connectivity index (χ2n) is 9.48. The first kappa shape index (κ1) is 23.7. The molecule has 0 bridgehead atoms. The van der Waals surface area contributed by atoms with Crippen LogP contribution in [0.2, 0.25) is 0 Å². The van der Waals surface area contributed by atoms with Gasteiger partial charge in [-0.2, -0.15) is 10.2 Å². The molecule has 0 unspecified atom stereocenters. The van der Waals surface area contributed by atoms with Gasteiger partial charge < -0.3 is 0 Å². The molecule has 7 aromatic rings. The maximum atomic E-state index is 14.5. The third-order valence-electron chi connectivity index (χ3n) is 7.17. The predicted molar refractivity (Wildman–Crippen MR) is 153 cm³/mol. The molecule has 3 aromatic heterocycles. The molecule has 0 fully saturated rings. The van der Waals surface area contributed by atoms with Crippen molar-refractivity contribution in [2.45, 2.75) is 5.54 Å². The SMILES string of the molecule is Fc1cccc(-c2nn(C(c3ccccc3)(c3ccccc3)c3ccccc3)c3ccc(-c4ncn[nH]4)nc23)c1. The summed E-state index contributed by atoms with van der Waals surface area (Å²) in [5, 5.41) is 12.1. The highest BCUT2D eigenvalue weighted by Crippen LogP contribution is 2.43. The number of rotatable bonds is 6. The molecule has 4 aromatic carbocycles. The Hall–Kier alpha value is -5.43. The Kier molecular flexibility index (Phi) is 5.74. The largest absolute Gasteiger partial charge is 0.258 e. The lowest BCUT2D eigenvalue weighted by Gasteiger charge is -2.37. The van der Waals surface area contributed by atoms with E-state index in [9.17, 15) is 4.39 Å². The van der Waals surface area contributed by atoms with E-state index in [-0.39, 0.29) is 5.82 Å². The number of pyridine rings is 1. The lowest BCUT2D eigenvalue weighted by Crippen LogP contribution is -2.38. The van der Waals surface area contributed by atoms with E-state index in [0.29, 0.717) is 28.3 Å². The average molecular weight is 523 g/mol. The van der Waals surface area contributed by atoms with E-state index in [0.717, 1.165) is 22.2 Å². The van der Waals surface area contributed by atoms with Crippen LogP contribution in [0.1, 0.15) is 16.7 Å². The van der Waals surface area contributed by atoms with E-state index in [1.54, 1.807) is 6.07 Å². The van der Waals surface area contributed by atoms with E-state index in [4.69, 9.17) is 10.1 Å². The number of nitrogens with one attached hydrogen (secondary N) is 1. The summed E-state index contributed by atoms with van der Waals surface area (Å²) in [6.07, 6.45) is 1.45. The van der Waals surface area contributed by atoms with E-state index in [1.807, 2.05) is 77.5 Å². The Labute approximate surface area is 229 Å². The second kappa shape index (κ2) is 9.71. The summed E-state index contributed by atoms with van der Waals surface area (Å²) in [6, 6.07) is 41.3. The zero-order chi connectivity index (χ0) is 26.9. The molecule has 0 aliphatic carbocycles. The highest BCUT2D eigenvalue weighted by atomic mass is 19.1. The first-order valence-electron chi connectivity index (χ1n) is 12.9. The van der Waals surface area contributed by atoms with Crippen molar-refractivity contribution in [3.63, 3.8) is 0 Å². The third kappa shape index (κ3) is 3.79. The molecule has 0 aliphatic rings. The number of hydrogen-bond donors (Lipinski definition) is 1. The zero-order valence-corrected chi connectivity index (χ0v) is 21.3. The van der Waals surface area contributed by atoms with E-state index in [1.165, 1.54) is 18.5 Å². The molecule has 0 radical (unpaired) electrons. The van der Waals surface area contributed by atoms with Crippen molar-refractivity contribution in [2.24, 2.45) is 0 Å². The van der Waals surface area contributed by atoms with Crippen molar-refractivity contribution in [3.8, 4) is 22.8 Å². The quantitative estimate of drug-likeness (QED) is 0.242. The number of nitrogens with zero attached hydrogens (tertiary/aromatic N) is 5. The van der Waals surface area contributed by atoms with Gasteiger partial charge in [0.05, 0.1) is 5.52 Å². The molecule has 192 valence electrons. The Morgan fingerprint density at radius 3 is 1.85 bits per heavy atom. The van der Waals surface area contributed by atoms with Crippen molar-refractivity contribution in [1.29, 1.82) is 0 Å². The van der Waals surface area contributed by atoms with Gasteiger partial charge >= 0.3 is 0 Å². The van der Waals surface area contributed by atoms with Crippen LogP contribution >= 0.6 is 0 Å². The number of hydrogen-bond acceptors (Lipinski definition) is 4. The lowest BCUT2D eigenvalue weighted by atomic mass is 9.77. The predicted octanol–water partition coefficient (Wildman–Crippen LogP) is 6.86. The van der Waals surface area contributed by atoms with Crippen LogP contribution in [0, 0.1) is 5.82 Å². The Balaban J connectivity index is 1.64. The summed E-state index contributed by atoms with van der Waals surface area (Å²) < 4.78 is 16.5. The van der Waals surface area contributed by atoms with Crippen LogP contribution < -0.4 is 0 Å². The molecule has 0 aliphatic heterocycles. The fourth-order valence-corrected chi connectivity index (χ4v) is 5.45. The standard InChI is InChI=1S/C33H23FN6/c34-27-18-10-11-23(21-27)30-31-29(20-19-28(37-31)32-35-22-36-38-32)40(39-30)33(24-12-4-1-5-13-24,25-14-6-2-7-15-25)26-16-8-3-9-17-26/h1-22H,(H,35,36,38). The monoisotopic (exact) mass is 522 g/mol. The van der Waals surface area contributed by atoms with Crippen LogP contribution in [0.4, 0.5) is 4.39 Å². The minimum atomic E-state index is -0.858. The molecule has 1 N–H and O–H groups in total. The normalized spacial score (nSPS) is 11.6. The third-order valence-corrected chi connectivity index (χ3v) is 7.17. The summed E-state index contributed by atoms with van der Waals surface area (Å²) in [5.41, 5.74) is 5.48. The van der Waals surface area contributed by atoms with Crippen molar-refractivity contribution in [3.05, 3.63) is 156 Å². The number of H-pyrrole nitrogens is 1. The maximum Gasteiger partial charge on any atom is 0.174 e. The smallest absolute Gasteiger partial charge is 0.174 e. The zero-order valence-electron chi connectivity index (χ0n) is 21.3. The first-order chi connectivity index (χ1) is 19.7. The molecular formula is C33H23FN6. The minimum absolute atomic E-state index is 0.341. The van der Waals surface area contributed by atoms with Gasteiger partial charge in [0.1, 0.15) is 34.6 Å². The second-order valence-corrected chi connectivity index (χ2v) is 9.48. The molecule has 40 heavy (non-hydrogen) atoms. The first-order valence-corrected chi connectivity index (χ1v) is 12.9. The van der Waals surface area contributed by atoms with E-state index in [2.05, 4.69) is 51.6 Å². The summed E-state index contributed by atoms with van der Waals surface area (Å²) in [6.45, 7) is 0. The van der Waals surface area contributed by atoms with Crippen LogP contribution in [-0.4, -0.2) is 29.9 Å². The highest BCUT2D eigenvalue weighted by Gasteiger charge is 2.41. The van der Waals surface area contributed by atoms with Gasteiger partial charge in [0.25, 0.3) is 0 Å². The number of benzene rings is 4. The average Bonchev–Trinajstić information content (AvgIpc) is 3.69. The molecule has 0 amide bonds. The van der Waals surface area contributed by atoms with Gasteiger partial charge in [-0.15, -0.1) is 0 Å². The summed E-state index contributed by atoms with van der Waals surface area (Å²) >= 11 is 0. The summed E-state index contributed by atoms with van der Waals surface area (Å²) in [7, 11) is 0. The van der Waals surface area contributed by atoms with Crippen LogP contribution in [0.5, 0.6) is 0 Å². The molecule has 0 atom stereocenters. The topological polar surface area (TPSA) is 72.3 Å². The van der Waals surface area contributed by atoms with Crippen LogP contribution in [-0.2, 0) is 5.54 Å². The number of fused-ring (bicyclic) bond motifs is 1. The summed E-state index contributed by atoms with van der Waals surface area (Å²) in [4.78, 5) is 9.29. The lowest BCUT2D eigenvalue weighted by molar-refractivity contribution is 0.477. The summed E-state index contributed by atoms with van der Waals surface area (Å²) in [5.74, 6) is 0.201. The molecule has 6 nitrogen and oxygen atoms in total. The molecule has 0 saturated carbocycles. The van der Waals surface area contributed by atoms with E-state index < -0.39 is 5.54 Å². The van der Waals surface area contributed by atoms with Crippen LogP contribution in [0.3, 0.4) is 0 Å². The van der Waals surface area contributed by atoms with Crippen LogP contribution in [0.25, 0.3) is 33.8 Å². The number of aromatic nitrogens is 6.